The van der Waals surface area contributed by atoms with Gasteiger partial charge in [0.15, 0.2) is 0 Å². The number of rotatable bonds is 5. The number of hydrogen-bond donors (Lipinski definition) is 3. The molecule has 1 unspecified atom stereocenters. The van der Waals surface area contributed by atoms with E-state index >= 15 is 0 Å². The minimum atomic E-state index is -0.454. The molecule has 3 amide bonds. The highest BCUT2D eigenvalue weighted by Crippen LogP contribution is 1.98. The summed E-state index contributed by atoms with van der Waals surface area (Å²) in [6.07, 6.45) is 0. The van der Waals surface area contributed by atoms with Gasteiger partial charge in [-0.2, -0.15) is 0 Å². The Morgan fingerprint density at radius 3 is 2.63 bits per heavy atom. The quantitative estimate of drug-likeness (QED) is 0.564. The molecule has 108 valence electrons. The van der Waals surface area contributed by atoms with Crippen molar-refractivity contribution < 1.29 is 14.4 Å². The summed E-state index contributed by atoms with van der Waals surface area (Å²) in [4.78, 5) is 36.3. The fourth-order valence-corrected chi connectivity index (χ4v) is 1.85. The molecule has 7 nitrogen and oxygen atoms in total. The van der Waals surface area contributed by atoms with E-state index in [0.717, 1.165) is 0 Å². The predicted molar refractivity (Wildman–Crippen MR) is 70.3 cm³/mol. The fourth-order valence-electron chi connectivity index (χ4n) is 1.85. The van der Waals surface area contributed by atoms with Crippen LogP contribution in [0.2, 0.25) is 0 Å². The smallest absolute Gasteiger partial charge is 0.242 e. The van der Waals surface area contributed by atoms with E-state index in [9.17, 15) is 14.4 Å². The Bertz CT molecular complexity index is 347. The third-order valence-electron chi connectivity index (χ3n) is 2.79. The number of amides is 3. The van der Waals surface area contributed by atoms with Gasteiger partial charge in [-0.1, -0.05) is 0 Å². The van der Waals surface area contributed by atoms with Crippen LogP contribution in [-0.2, 0) is 14.4 Å². The highest BCUT2D eigenvalue weighted by molar-refractivity contribution is 5.89. The van der Waals surface area contributed by atoms with Crippen LogP contribution in [0.3, 0.4) is 0 Å². The van der Waals surface area contributed by atoms with Gasteiger partial charge in [-0.15, -0.1) is 0 Å². The molecule has 1 rings (SSSR count). The number of hydrogen-bond acceptors (Lipinski definition) is 4. The van der Waals surface area contributed by atoms with Crippen molar-refractivity contribution in [1.29, 1.82) is 0 Å². The van der Waals surface area contributed by atoms with Crippen molar-refractivity contribution in [3.05, 3.63) is 0 Å². The molecule has 0 aliphatic carbocycles. The molecule has 19 heavy (non-hydrogen) atoms. The van der Waals surface area contributed by atoms with Crippen molar-refractivity contribution in [2.45, 2.75) is 32.9 Å². The van der Waals surface area contributed by atoms with E-state index in [1.165, 1.54) is 4.90 Å². The van der Waals surface area contributed by atoms with E-state index in [4.69, 9.17) is 0 Å². The third-order valence-corrected chi connectivity index (χ3v) is 2.79. The molecule has 3 N–H and O–H groups in total. The van der Waals surface area contributed by atoms with Gasteiger partial charge in [-0.25, -0.2) is 0 Å². The van der Waals surface area contributed by atoms with Crippen LogP contribution >= 0.6 is 0 Å². The highest BCUT2D eigenvalue weighted by Gasteiger charge is 2.28. The predicted octanol–water partition coefficient (Wildman–Crippen LogP) is -1.55. The van der Waals surface area contributed by atoms with Crippen LogP contribution in [0.15, 0.2) is 0 Å². The van der Waals surface area contributed by atoms with Gasteiger partial charge in [-0.3, -0.25) is 19.7 Å². The van der Waals surface area contributed by atoms with E-state index in [1.807, 2.05) is 20.8 Å². The van der Waals surface area contributed by atoms with Crippen molar-refractivity contribution >= 4 is 17.7 Å². The van der Waals surface area contributed by atoms with Gasteiger partial charge in [0.05, 0.1) is 13.1 Å². The minimum Gasteiger partial charge on any atom is -0.353 e. The molecule has 0 aromatic rings. The van der Waals surface area contributed by atoms with Crippen LogP contribution < -0.4 is 16.0 Å². The summed E-state index contributed by atoms with van der Waals surface area (Å²) >= 11 is 0. The van der Waals surface area contributed by atoms with Gasteiger partial charge >= 0.3 is 0 Å². The molecule has 1 fully saturated rings. The number of carbonyl (C=O) groups is 3. The average Bonchev–Trinajstić information content (AvgIpc) is 2.35. The Morgan fingerprint density at radius 2 is 2.16 bits per heavy atom. The van der Waals surface area contributed by atoms with Crippen molar-refractivity contribution in [1.82, 2.24) is 20.9 Å². The zero-order valence-electron chi connectivity index (χ0n) is 11.7. The molecular formula is C12H22N4O3. The summed E-state index contributed by atoms with van der Waals surface area (Å²) in [6.45, 7) is 6.45. The lowest BCUT2D eigenvalue weighted by atomic mass is 10.2. The first kappa shape index (κ1) is 15.4. The Balaban J connectivity index is 2.51. The van der Waals surface area contributed by atoms with Crippen LogP contribution in [0.5, 0.6) is 0 Å². The fraction of sp³-hybridized carbons (Fsp3) is 0.750. The molecule has 1 aliphatic rings. The lowest BCUT2D eigenvalue weighted by Gasteiger charge is -2.29. The molecule has 1 atom stereocenters. The molecular weight excluding hydrogens is 248 g/mol. The van der Waals surface area contributed by atoms with E-state index in [-0.39, 0.29) is 43.4 Å². The first-order valence-electron chi connectivity index (χ1n) is 6.52. The SMILES string of the molecule is CCN(CC(=O)NC(C)C)C(=O)C1CNC(=O)CN1. The van der Waals surface area contributed by atoms with Gasteiger partial charge in [0, 0.05) is 19.1 Å². The molecule has 1 aliphatic heterocycles. The second-order valence-corrected chi connectivity index (χ2v) is 4.81. The molecule has 0 saturated carbocycles. The molecule has 1 saturated heterocycles. The second kappa shape index (κ2) is 7.08. The number of nitrogens with one attached hydrogen (secondary N) is 3. The van der Waals surface area contributed by atoms with Gasteiger partial charge in [-0.05, 0) is 20.8 Å². The number of carbonyl (C=O) groups excluding carboxylic acids is 3. The van der Waals surface area contributed by atoms with Crippen LogP contribution in [0.4, 0.5) is 0 Å². The molecule has 1 heterocycles. The normalized spacial score (nSPS) is 18.9. The zero-order valence-corrected chi connectivity index (χ0v) is 11.7. The van der Waals surface area contributed by atoms with E-state index in [0.29, 0.717) is 6.54 Å². The number of piperazine rings is 1. The van der Waals surface area contributed by atoms with Crippen molar-refractivity contribution in [2.24, 2.45) is 0 Å². The molecule has 0 aromatic carbocycles. The van der Waals surface area contributed by atoms with Gasteiger partial charge < -0.3 is 15.5 Å². The second-order valence-electron chi connectivity index (χ2n) is 4.81. The highest BCUT2D eigenvalue weighted by atomic mass is 16.2. The monoisotopic (exact) mass is 270 g/mol. The molecule has 0 spiro atoms. The van der Waals surface area contributed by atoms with E-state index in [1.54, 1.807) is 0 Å². The maximum atomic E-state index is 12.2. The first-order chi connectivity index (χ1) is 8.93. The van der Waals surface area contributed by atoms with Crippen LogP contribution in [0.25, 0.3) is 0 Å². The maximum absolute atomic E-state index is 12.2. The van der Waals surface area contributed by atoms with Gasteiger partial charge in [0.2, 0.25) is 17.7 Å². The molecule has 7 heteroatoms. The van der Waals surface area contributed by atoms with Crippen molar-refractivity contribution in [3.63, 3.8) is 0 Å². The van der Waals surface area contributed by atoms with Gasteiger partial charge in [0.25, 0.3) is 0 Å². The number of likely N-dealkylation sites (N-methyl/N-ethyl adjacent to an activating group) is 1. The maximum Gasteiger partial charge on any atom is 0.242 e. The van der Waals surface area contributed by atoms with Crippen molar-refractivity contribution in [2.75, 3.05) is 26.2 Å². The minimum absolute atomic E-state index is 0.0413. The summed E-state index contributed by atoms with van der Waals surface area (Å²) in [6, 6.07) is -0.405. The largest absolute Gasteiger partial charge is 0.353 e. The van der Waals surface area contributed by atoms with Crippen molar-refractivity contribution in [3.8, 4) is 0 Å². The topological polar surface area (TPSA) is 90.5 Å². The number of nitrogens with zero attached hydrogens (tertiary/aromatic N) is 1. The van der Waals surface area contributed by atoms with Crippen LogP contribution in [-0.4, -0.2) is 60.9 Å². The average molecular weight is 270 g/mol. The van der Waals surface area contributed by atoms with E-state index in [2.05, 4.69) is 16.0 Å². The van der Waals surface area contributed by atoms with E-state index < -0.39 is 6.04 Å². The molecule has 0 radical (unpaired) electrons. The lowest BCUT2D eigenvalue weighted by molar-refractivity contribution is -0.138. The Morgan fingerprint density at radius 1 is 1.47 bits per heavy atom. The molecule has 0 bridgehead atoms. The molecule has 0 aromatic heterocycles. The van der Waals surface area contributed by atoms with Crippen LogP contribution in [0.1, 0.15) is 20.8 Å². The van der Waals surface area contributed by atoms with Crippen LogP contribution in [0, 0.1) is 0 Å². The van der Waals surface area contributed by atoms with Gasteiger partial charge in [0.1, 0.15) is 6.04 Å². The summed E-state index contributed by atoms with van der Waals surface area (Å²) in [5.41, 5.74) is 0. The summed E-state index contributed by atoms with van der Waals surface area (Å²) < 4.78 is 0. The first-order valence-corrected chi connectivity index (χ1v) is 6.52. The zero-order chi connectivity index (χ0) is 14.4. The standard InChI is InChI=1S/C12H22N4O3/c1-4-16(7-11(18)15-8(2)3)12(19)9-5-14-10(17)6-13-9/h8-9,13H,4-7H2,1-3H3,(H,14,17)(H,15,18). The Kier molecular flexibility index (Phi) is 5.75. The summed E-state index contributed by atoms with van der Waals surface area (Å²) in [7, 11) is 0. The Labute approximate surface area is 113 Å². The third kappa shape index (κ3) is 4.86. The summed E-state index contributed by atoms with van der Waals surface area (Å²) in [5, 5.41) is 8.24. The lowest BCUT2D eigenvalue weighted by Crippen LogP contribution is -2.59. The Hall–Kier alpha value is -1.63. The summed E-state index contributed by atoms with van der Waals surface area (Å²) in [5.74, 6) is -0.462.